The summed E-state index contributed by atoms with van der Waals surface area (Å²) >= 11 is 0. The van der Waals surface area contributed by atoms with Gasteiger partial charge in [0.15, 0.2) is 0 Å². The SMILES string of the molecule is CC(C)OC(=O)OC(C)C.COP(O)O. The van der Waals surface area contributed by atoms with E-state index in [9.17, 15) is 4.79 Å². The van der Waals surface area contributed by atoms with Crippen molar-refractivity contribution >= 4 is 14.8 Å². The van der Waals surface area contributed by atoms with Gasteiger partial charge >= 0.3 is 14.8 Å². The Bertz CT molecular complexity index is 147. The molecule has 92 valence electrons. The van der Waals surface area contributed by atoms with Crippen LogP contribution in [0.1, 0.15) is 27.7 Å². The first kappa shape index (κ1) is 17.0. The Morgan fingerprint density at radius 3 is 1.47 bits per heavy atom. The van der Waals surface area contributed by atoms with Gasteiger partial charge in [-0.2, -0.15) is 0 Å². The van der Waals surface area contributed by atoms with Crippen LogP contribution < -0.4 is 0 Å². The first-order valence-corrected chi connectivity index (χ1v) is 5.55. The van der Waals surface area contributed by atoms with Crippen LogP contribution in [-0.4, -0.2) is 35.3 Å². The molecule has 0 saturated heterocycles. The Kier molecular flexibility index (Phi) is 11.5. The van der Waals surface area contributed by atoms with Crippen molar-refractivity contribution in [3.63, 3.8) is 0 Å². The standard InChI is InChI=1S/C7H14O3.CH5O3P/c1-5(2)9-7(8)10-6(3)4;1-4-5(2)3/h5-6H,1-4H3;2-3H,1H3. The van der Waals surface area contributed by atoms with E-state index in [0.29, 0.717) is 0 Å². The van der Waals surface area contributed by atoms with Crippen LogP contribution in [0.25, 0.3) is 0 Å². The largest absolute Gasteiger partial charge is 0.508 e. The number of carbonyl (C=O) groups is 1. The molecule has 2 N–H and O–H groups in total. The van der Waals surface area contributed by atoms with E-state index in [1.54, 1.807) is 27.7 Å². The molecule has 0 atom stereocenters. The van der Waals surface area contributed by atoms with E-state index >= 15 is 0 Å². The molecular formula is C8H19O6P. The van der Waals surface area contributed by atoms with Gasteiger partial charge in [0.05, 0.1) is 12.2 Å². The fourth-order valence-electron chi connectivity index (χ4n) is 0.413. The summed E-state index contributed by atoms with van der Waals surface area (Å²) in [4.78, 5) is 26.1. The van der Waals surface area contributed by atoms with Gasteiger partial charge in [-0.05, 0) is 27.7 Å². The highest BCUT2D eigenvalue weighted by molar-refractivity contribution is 7.39. The predicted octanol–water partition coefficient (Wildman–Crippen LogP) is 1.80. The van der Waals surface area contributed by atoms with Gasteiger partial charge in [-0.3, -0.25) is 0 Å². The lowest BCUT2D eigenvalue weighted by Crippen LogP contribution is -2.16. The molecule has 0 aliphatic rings. The quantitative estimate of drug-likeness (QED) is 0.579. The van der Waals surface area contributed by atoms with Gasteiger partial charge in [-0.1, -0.05) is 0 Å². The zero-order chi connectivity index (χ0) is 12.4. The lowest BCUT2D eigenvalue weighted by Gasteiger charge is -2.10. The number of hydrogen-bond acceptors (Lipinski definition) is 6. The zero-order valence-corrected chi connectivity index (χ0v) is 10.5. The van der Waals surface area contributed by atoms with Crippen molar-refractivity contribution in [2.45, 2.75) is 39.9 Å². The topological polar surface area (TPSA) is 85.2 Å². The molecule has 0 aromatic carbocycles. The van der Waals surface area contributed by atoms with Crippen LogP contribution in [0.15, 0.2) is 0 Å². The summed E-state index contributed by atoms with van der Waals surface area (Å²) in [5, 5.41) is 0. The molecule has 0 bridgehead atoms. The normalized spacial score (nSPS) is 10.0. The minimum atomic E-state index is -2.10. The zero-order valence-electron chi connectivity index (χ0n) is 9.63. The monoisotopic (exact) mass is 242 g/mol. The summed E-state index contributed by atoms with van der Waals surface area (Å²) in [7, 11) is -0.870. The molecule has 0 aliphatic heterocycles. The van der Waals surface area contributed by atoms with Gasteiger partial charge < -0.3 is 23.8 Å². The maximum Gasteiger partial charge on any atom is 0.508 e. The van der Waals surface area contributed by atoms with Crippen molar-refractivity contribution in [2.24, 2.45) is 0 Å². The van der Waals surface area contributed by atoms with Gasteiger partial charge in [-0.25, -0.2) is 4.79 Å². The van der Waals surface area contributed by atoms with Crippen LogP contribution in [0.2, 0.25) is 0 Å². The van der Waals surface area contributed by atoms with Crippen molar-refractivity contribution in [1.29, 1.82) is 0 Å². The molecule has 0 rings (SSSR count). The second-order valence-corrected chi connectivity index (χ2v) is 3.89. The Morgan fingerprint density at radius 2 is 1.33 bits per heavy atom. The molecule has 15 heavy (non-hydrogen) atoms. The summed E-state index contributed by atoms with van der Waals surface area (Å²) < 4.78 is 13.3. The third-order valence-corrected chi connectivity index (χ3v) is 1.15. The molecule has 0 unspecified atom stereocenters. The van der Waals surface area contributed by atoms with Crippen LogP contribution in [0.5, 0.6) is 0 Å². The molecule has 0 amide bonds. The maximum atomic E-state index is 10.6. The minimum absolute atomic E-state index is 0.105. The average molecular weight is 242 g/mol. The van der Waals surface area contributed by atoms with Crippen LogP contribution in [0.4, 0.5) is 4.79 Å². The highest BCUT2D eigenvalue weighted by Crippen LogP contribution is 2.20. The highest BCUT2D eigenvalue weighted by atomic mass is 31.2. The van der Waals surface area contributed by atoms with E-state index in [4.69, 9.17) is 19.3 Å². The first-order chi connectivity index (χ1) is 6.79. The summed E-state index contributed by atoms with van der Waals surface area (Å²) in [5.74, 6) is 0. The lowest BCUT2D eigenvalue weighted by molar-refractivity contribution is 0.0167. The Hall–Kier alpha value is -0.420. The second kappa shape index (κ2) is 10.1. The molecule has 6 nitrogen and oxygen atoms in total. The summed E-state index contributed by atoms with van der Waals surface area (Å²) in [6.45, 7) is 7.12. The van der Waals surface area contributed by atoms with Crippen LogP contribution >= 0.6 is 8.60 Å². The number of carbonyl (C=O) groups excluding carboxylic acids is 1. The van der Waals surface area contributed by atoms with E-state index in [1.807, 2.05) is 0 Å². The van der Waals surface area contributed by atoms with Crippen LogP contribution in [-0.2, 0) is 14.0 Å². The van der Waals surface area contributed by atoms with E-state index in [0.717, 1.165) is 0 Å². The number of hydrogen-bond donors (Lipinski definition) is 2. The molecular weight excluding hydrogens is 223 g/mol. The van der Waals surface area contributed by atoms with Crippen LogP contribution in [0, 0.1) is 0 Å². The minimum Gasteiger partial charge on any atom is -0.432 e. The Morgan fingerprint density at radius 1 is 1.07 bits per heavy atom. The second-order valence-electron chi connectivity index (χ2n) is 3.02. The fraction of sp³-hybridized carbons (Fsp3) is 0.875. The molecule has 0 fully saturated rings. The highest BCUT2D eigenvalue weighted by Gasteiger charge is 2.07. The molecule has 7 heteroatoms. The summed E-state index contributed by atoms with van der Waals surface area (Å²) in [6.07, 6.45) is -0.803. The van der Waals surface area contributed by atoms with Gasteiger partial charge in [-0.15, -0.1) is 0 Å². The fourth-order valence-corrected chi connectivity index (χ4v) is 0.413. The molecule has 0 saturated carbocycles. The van der Waals surface area contributed by atoms with E-state index in [-0.39, 0.29) is 12.2 Å². The Balaban J connectivity index is 0. The van der Waals surface area contributed by atoms with E-state index < -0.39 is 14.8 Å². The van der Waals surface area contributed by atoms with Crippen molar-refractivity contribution in [2.75, 3.05) is 7.11 Å². The number of ether oxygens (including phenoxy) is 2. The molecule has 0 aromatic heterocycles. The van der Waals surface area contributed by atoms with E-state index in [1.165, 1.54) is 7.11 Å². The van der Waals surface area contributed by atoms with Crippen molar-refractivity contribution in [1.82, 2.24) is 0 Å². The first-order valence-electron chi connectivity index (χ1n) is 4.38. The summed E-state index contributed by atoms with van der Waals surface area (Å²) in [5.41, 5.74) is 0. The van der Waals surface area contributed by atoms with Gasteiger partial charge in [0.1, 0.15) is 0 Å². The third kappa shape index (κ3) is 19.8. The number of rotatable bonds is 3. The van der Waals surface area contributed by atoms with Crippen molar-refractivity contribution < 1.29 is 28.6 Å². The van der Waals surface area contributed by atoms with E-state index in [2.05, 4.69) is 4.52 Å². The molecule has 0 radical (unpaired) electrons. The van der Waals surface area contributed by atoms with Gasteiger partial charge in [0, 0.05) is 7.11 Å². The molecule has 0 heterocycles. The molecule has 0 aliphatic carbocycles. The van der Waals surface area contributed by atoms with Crippen molar-refractivity contribution in [3.8, 4) is 0 Å². The Labute approximate surface area is 91.1 Å². The third-order valence-electron chi connectivity index (χ3n) is 0.827. The molecule has 0 aromatic rings. The average Bonchev–Trinajstić information content (AvgIpc) is 2.01. The molecule has 0 spiro atoms. The summed E-state index contributed by atoms with van der Waals surface area (Å²) in [6, 6.07) is 0. The van der Waals surface area contributed by atoms with Crippen LogP contribution in [0.3, 0.4) is 0 Å². The van der Waals surface area contributed by atoms with Gasteiger partial charge in [0.2, 0.25) is 0 Å². The van der Waals surface area contributed by atoms with Crippen molar-refractivity contribution in [3.05, 3.63) is 0 Å². The predicted molar refractivity (Wildman–Crippen MR) is 56.2 cm³/mol. The smallest absolute Gasteiger partial charge is 0.432 e. The lowest BCUT2D eigenvalue weighted by atomic mass is 10.5. The van der Waals surface area contributed by atoms with Gasteiger partial charge in [0.25, 0.3) is 0 Å². The maximum absolute atomic E-state index is 10.6.